The number of fused-ring (bicyclic) bond motifs is 8. The molecule has 6 heterocycles. The first kappa shape index (κ1) is 61.4. The Labute approximate surface area is 609 Å². The van der Waals surface area contributed by atoms with Gasteiger partial charge in [0.05, 0.1) is 11.0 Å². The van der Waals surface area contributed by atoms with Crippen LogP contribution < -0.4 is 0 Å². The van der Waals surface area contributed by atoms with Crippen LogP contribution >= 0.6 is 0 Å². The molecule has 0 N–H and O–H groups in total. The second kappa shape index (κ2) is 25.8. The fourth-order valence-electron chi connectivity index (χ4n) is 14.7. The molecule has 0 saturated carbocycles. The van der Waals surface area contributed by atoms with Crippen molar-refractivity contribution in [2.24, 2.45) is 0 Å². The molecule has 0 aliphatic carbocycles. The maximum Gasteiger partial charge on any atom is 0.164 e. The molecule has 0 atom stereocenters. The minimum absolute atomic E-state index is 0.562. The van der Waals surface area contributed by atoms with Gasteiger partial charge in [-0.15, -0.1) is 0 Å². The van der Waals surface area contributed by atoms with Crippen molar-refractivity contribution in [1.82, 2.24) is 39.9 Å². The van der Waals surface area contributed by atoms with Gasteiger partial charge in [-0.1, -0.05) is 279 Å². The quantitative estimate of drug-likeness (QED) is 0.110. The van der Waals surface area contributed by atoms with Crippen molar-refractivity contribution in [3.05, 3.63) is 352 Å². The van der Waals surface area contributed by atoms with E-state index in [1.54, 1.807) is 0 Å². The Morgan fingerprint density at radius 3 is 0.783 bits per heavy atom. The van der Waals surface area contributed by atoms with Gasteiger partial charge in [0.25, 0.3) is 0 Å². The fraction of sp³-hybridized carbons (Fsp3) is 0. The third-order valence-corrected chi connectivity index (χ3v) is 20.0. The van der Waals surface area contributed by atoms with E-state index >= 15 is 0 Å². The Hall–Kier alpha value is -14.5. The van der Waals surface area contributed by atoms with E-state index in [2.05, 4.69) is 267 Å². The van der Waals surface area contributed by atoms with Crippen molar-refractivity contribution >= 4 is 65.9 Å². The summed E-state index contributed by atoms with van der Waals surface area (Å²) in [6.07, 6.45) is 0. The van der Waals surface area contributed by atoms with Gasteiger partial charge in [0.2, 0.25) is 0 Å². The minimum Gasteiger partial charge on any atom is -0.454 e. The molecule has 0 fully saturated rings. The summed E-state index contributed by atoms with van der Waals surface area (Å²) in [4.78, 5) is 41.6. The number of hydrogen-bond acceptors (Lipinski definition) is 10. The molecule has 10 heteroatoms. The van der Waals surface area contributed by atoms with E-state index in [1.165, 1.54) is 0 Å². The highest BCUT2D eigenvalue weighted by atomic mass is 16.3. The predicted octanol–water partition coefficient (Wildman–Crippen LogP) is 24.6. The first-order valence-electron chi connectivity index (χ1n) is 35.3. The Kier molecular flexibility index (Phi) is 15.0. The van der Waals surface area contributed by atoms with Crippen LogP contribution in [-0.2, 0) is 0 Å². The van der Waals surface area contributed by atoms with Crippen LogP contribution in [0.25, 0.3) is 212 Å². The molecule has 494 valence electrons. The van der Waals surface area contributed by atoms with Crippen LogP contribution in [0.3, 0.4) is 0 Å². The van der Waals surface area contributed by atoms with Gasteiger partial charge in [-0.25, -0.2) is 39.9 Å². The fourth-order valence-corrected chi connectivity index (χ4v) is 14.7. The largest absolute Gasteiger partial charge is 0.454 e. The van der Waals surface area contributed by atoms with Gasteiger partial charge in [0.15, 0.2) is 46.1 Å². The minimum atomic E-state index is 0.562. The highest BCUT2D eigenvalue weighted by molar-refractivity contribution is 6.16. The summed E-state index contributed by atoms with van der Waals surface area (Å²) in [6.45, 7) is 0. The number of aromatic nitrogens is 8. The molecule has 0 spiro atoms. The van der Waals surface area contributed by atoms with Gasteiger partial charge < -0.3 is 8.83 Å². The molecule has 14 aromatic carbocycles. The van der Waals surface area contributed by atoms with E-state index in [4.69, 9.17) is 48.7 Å². The molecular weight excluding hydrogens is 1300 g/mol. The first-order valence-corrected chi connectivity index (χ1v) is 35.3. The number of pyridine rings is 2. The highest BCUT2D eigenvalue weighted by Gasteiger charge is 2.23. The average molecular weight is 1360 g/mol. The lowest BCUT2D eigenvalue weighted by Crippen LogP contribution is -2.00. The Bertz CT molecular complexity index is 6830. The number of rotatable bonds is 13. The number of furan rings is 2. The summed E-state index contributed by atoms with van der Waals surface area (Å²) in [5, 5.41) is 4.04. The van der Waals surface area contributed by atoms with Crippen molar-refractivity contribution in [3.8, 4) is 146 Å². The van der Waals surface area contributed by atoms with Crippen LogP contribution in [0.4, 0.5) is 0 Å². The van der Waals surface area contributed by atoms with Crippen molar-refractivity contribution in [3.63, 3.8) is 0 Å². The second-order valence-electron chi connectivity index (χ2n) is 26.5. The summed E-state index contributed by atoms with van der Waals surface area (Å²) < 4.78 is 13.2. The maximum absolute atomic E-state index is 6.63. The van der Waals surface area contributed by atoms with E-state index in [0.29, 0.717) is 34.9 Å². The zero-order chi connectivity index (χ0) is 70.0. The zero-order valence-corrected chi connectivity index (χ0v) is 56.9. The monoisotopic (exact) mass is 1350 g/mol. The van der Waals surface area contributed by atoms with Gasteiger partial charge in [0, 0.05) is 66.1 Å². The van der Waals surface area contributed by atoms with E-state index in [9.17, 15) is 0 Å². The summed E-state index contributed by atoms with van der Waals surface area (Å²) in [6, 6.07) is 122. The SMILES string of the molecule is c1ccc(-c2ccc(-c3nc(-c4ccc(-c5cccc(-c6cccc(-c7nc(-c8ccccc8)nc(-c8cccc(-c9cccc(-c%10c%11ccccc%11nc%11c%10oc%10ccccc%10%11)c9)c8)n7)c6)c5)cc4)nc(-c4cccc(-c5cccc(-c6c7ccccc7nc7c6oc6ccccc67)c5)c4)n3)cc2)cc1. The molecule has 6 aromatic heterocycles. The molecule has 0 amide bonds. The van der Waals surface area contributed by atoms with Gasteiger partial charge in [-0.3, -0.25) is 0 Å². The molecule has 0 bridgehead atoms. The van der Waals surface area contributed by atoms with E-state index < -0.39 is 0 Å². The molecule has 106 heavy (non-hydrogen) atoms. The molecule has 0 aliphatic heterocycles. The van der Waals surface area contributed by atoms with E-state index in [0.717, 1.165) is 177 Å². The smallest absolute Gasteiger partial charge is 0.164 e. The molecule has 20 aromatic rings. The van der Waals surface area contributed by atoms with Crippen LogP contribution in [0, 0.1) is 0 Å². The molecule has 0 unspecified atom stereocenters. The third kappa shape index (κ3) is 11.3. The number of nitrogens with zero attached hydrogens (tertiary/aromatic N) is 8. The molecule has 0 aliphatic rings. The Morgan fingerprint density at radius 1 is 0.160 bits per heavy atom. The van der Waals surface area contributed by atoms with Gasteiger partial charge in [-0.05, 0) is 140 Å². The third-order valence-electron chi connectivity index (χ3n) is 20.0. The Morgan fingerprint density at radius 2 is 0.396 bits per heavy atom. The molecular formula is C96H58N8O2. The summed E-state index contributed by atoms with van der Waals surface area (Å²) in [7, 11) is 0. The molecule has 0 radical (unpaired) electrons. The standard InChI is InChI=1S/C96H58N8O2/c1-3-21-59(22-4-1)60-45-49-63(50-46-60)92-99-93(103-94(102-92)74-34-19-30-70(57-74)67-27-16-32-72(54-67)85-77-37-7-11-41-81(77)97-87-79-39-9-13-43-83(79)105-89(85)87)64-51-47-61(48-52-64)65-25-15-26-66(53-65)69-29-18-35-75(56-69)95-100-91(62-23-5-2-6-24-62)101-96(104-95)76-36-20-31-71(58-76)68-28-17-33-73(55-68)86-78-38-8-12-42-82(78)98-88-80-40-10-14-44-84(80)106-90(86)88/h1-58H. The second-order valence-corrected chi connectivity index (χ2v) is 26.5. The van der Waals surface area contributed by atoms with Crippen LogP contribution in [0.15, 0.2) is 361 Å². The predicted molar refractivity (Wildman–Crippen MR) is 429 cm³/mol. The van der Waals surface area contributed by atoms with Gasteiger partial charge in [0.1, 0.15) is 22.2 Å². The van der Waals surface area contributed by atoms with Gasteiger partial charge >= 0.3 is 0 Å². The molecule has 10 nitrogen and oxygen atoms in total. The first-order chi connectivity index (χ1) is 52.5. The zero-order valence-electron chi connectivity index (χ0n) is 56.9. The molecule has 20 rings (SSSR count). The summed E-state index contributed by atoms with van der Waals surface area (Å²) >= 11 is 0. The average Bonchev–Trinajstić information content (AvgIpc) is 1.57. The number of benzene rings is 14. The lowest BCUT2D eigenvalue weighted by Gasteiger charge is -2.12. The lowest BCUT2D eigenvalue weighted by atomic mass is 9.95. The number of para-hydroxylation sites is 4. The van der Waals surface area contributed by atoms with Crippen LogP contribution in [-0.4, -0.2) is 39.9 Å². The van der Waals surface area contributed by atoms with E-state index in [-0.39, 0.29) is 0 Å². The number of hydrogen-bond donors (Lipinski definition) is 0. The molecule has 0 saturated heterocycles. The van der Waals surface area contributed by atoms with Crippen LogP contribution in [0.1, 0.15) is 0 Å². The summed E-state index contributed by atoms with van der Waals surface area (Å²) in [5.41, 5.74) is 26.5. The van der Waals surface area contributed by atoms with E-state index in [1.807, 2.05) is 84.9 Å². The van der Waals surface area contributed by atoms with Crippen molar-refractivity contribution in [2.45, 2.75) is 0 Å². The van der Waals surface area contributed by atoms with Crippen LogP contribution in [0.2, 0.25) is 0 Å². The van der Waals surface area contributed by atoms with Crippen molar-refractivity contribution in [2.75, 3.05) is 0 Å². The van der Waals surface area contributed by atoms with Gasteiger partial charge in [-0.2, -0.15) is 0 Å². The van der Waals surface area contributed by atoms with Crippen LogP contribution in [0.5, 0.6) is 0 Å². The Balaban J connectivity index is 0.618. The maximum atomic E-state index is 6.63. The lowest BCUT2D eigenvalue weighted by molar-refractivity contribution is 0.669. The van der Waals surface area contributed by atoms with Crippen molar-refractivity contribution < 1.29 is 8.83 Å². The summed E-state index contributed by atoms with van der Waals surface area (Å²) in [5.74, 6) is 3.41. The topological polar surface area (TPSA) is 129 Å². The normalized spacial score (nSPS) is 11.6. The van der Waals surface area contributed by atoms with Crippen molar-refractivity contribution in [1.29, 1.82) is 0 Å². The highest BCUT2D eigenvalue weighted by Crippen LogP contribution is 2.44.